The molecule has 13 heavy (non-hydrogen) atoms. The first-order chi connectivity index (χ1) is 6.26. The van der Waals surface area contributed by atoms with Crippen LogP contribution in [0, 0.1) is 5.41 Å². The first-order valence-electron chi connectivity index (χ1n) is 5.27. The van der Waals surface area contributed by atoms with Gasteiger partial charge in [0.15, 0.2) is 0 Å². The minimum Gasteiger partial charge on any atom is -0.355 e. The molecule has 0 radical (unpaired) electrons. The lowest BCUT2D eigenvalue weighted by molar-refractivity contribution is -0.122. The molecule has 3 heteroatoms. The van der Waals surface area contributed by atoms with Gasteiger partial charge in [0.25, 0.3) is 0 Å². The van der Waals surface area contributed by atoms with E-state index in [-0.39, 0.29) is 11.9 Å². The topological polar surface area (TPSA) is 41.1 Å². The fraction of sp³-hybridized carbons (Fsp3) is 0.900. The molecule has 2 N–H and O–H groups in total. The van der Waals surface area contributed by atoms with Crippen molar-refractivity contribution in [2.75, 3.05) is 13.1 Å². The second-order valence-corrected chi connectivity index (χ2v) is 4.43. The van der Waals surface area contributed by atoms with Gasteiger partial charge >= 0.3 is 0 Å². The van der Waals surface area contributed by atoms with Crippen LogP contribution in [0.3, 0.4) is 0 Å². The van der Waals surface area contributed by atoms with Crippen molar-refractivity contribution in [3.63, 3.8) is 0 Å². The van der Waals surface area contributed by atoms with Crippen LogP contribution in [0.25, 0.3) is 0 Å². The van der Waals surface area contributed by atoms with Gasteiger partial charge < -0.3 is 10.6 Å². The van der Waals surface area contributed by atoms with Gasteiger partial charge in [0.05, 0.1) is 6.04 Å². The molecule has 1 aliphatic carbocycles. The number of hydrogen-bond acceptors (Lipinski definition) is 2. The lowest BCUT2D eigenvalue weighted by Crippen LogP contribution is -2.40. The van der Waals surface area contributed by atoms with Crippen LogP contribution < -0.4 is 10.6 Å². The normalized spacial score (nSPS) is 29.2. The average Bonchev–Trinajstić information content (AvgIpc) is 2.73. The van der Waals surface area contributed by atoms with Crippen LogP contribution in [-0.4, -0.2) is 25.0 Å². The van der Waals surface area contributed by atoms with Gasteiger partial charge in [-0.2, -0.15) is 0 Å². The molecule has 0 aromatic rings. The molecule has 2 rings (SSSR count). The number of carbonyl (C=O) groups is 1. The van der Waals surface area contributed by atoms with Crippen molar-refractivity contribution in [1.29, 1.82) is 0 Å². The molecule has 0 unspecified atom stereocenters. The Morgan fingerprint density at radius 3 is 2.92 bits per heavy atom. The minimum absolute atomic E-state index is 0.0917. The van der Waals surface area contributed by atoms with E-state index < -0.39 is 0 Å². The van der Waals surface area contributed by atoms with Gasteiger partial charge in [-0.05, 0) is 31.1 Å². The van der Waals surface area contributed by atoms with Crippen LogP contribution in [0.2, 0.25) is 0 Å². The Balaban J connectivity index is 1.78. The molecule has 2 aliphatic rings. The van der Waals surface area contributed by atoms with Crippen molar-refractivity contribution in [1.82, 2.24) is 10.6 Å². The monoisotopic (exact) mass is 182 g/mol. The molecule has 74 valence electrons. The van der Waals surface area contributed by atoms with E-state index in [2.05, 4.69) is 17.6 Å². The highest BCUT2D eigenvalue weighted by Crippen LogP contribution is 2.51. The summed E-state index contributed by atoms with van der Waals surface area (Å²) in [6, 6.07) is 0.0917. The molecule has 1 spiro atoms. The number of hydrogen-bond donors (Lipinski definition) is 2. The third-order valence-electron chi connectivity index (χ3n) is 3.18. The fourth-order valence-corrected chi connectivity index (χ4v) is 2.03. The van der Waals surface area contributed by atoms with Gasteiger partial charge in [-0.1, -0.05) is 6.92 Å². The molecule has 1 atom stereocenters. The number of carbonyl (C=O) groups excluding carboxylic acids is 1. The van der Waals surface area contributed by atoms with Gasteiger partial charge in [0.1, 0.15) is 0 Å². The van der Waals surface area contributed by atoms with Gasteiger partial charge in [0.2, 0.25) is 5.91 Å². The van der Waals surface area contributed by atoms with Crippen LogP contribution in [0.1, 0.15) is 32.6 Å². The van der Waals surface area contributed by atoms with E-state index in [9.17, 15) is 4.79 Å². The molecule has 1 saturated heterocycles. The first-order valence-corrected chi connectivity index (χ1v) is 5.27. The van der Waals surface area contributed by atoms with E-state index in [1.807, 2.05) is 0 Å². The third-order valence-corrected chi connectivity index (χ3v) is 3.18. The molecular formula is C10H18N2O. The van der Waals surface area contributed by atoms with Crippen LogP contribution in [0.5, 0.6) is 0 Å². The van der Waals surface area contributed by atoms with Crippen LogP contribution in [0.4, 0.5) is 0 Å². The summed E-state index contributed by atoms with van der Waals surface area (Å²) in [6.07, 6.45) is 4.71. The Hall–Kier alpha value is -0.570. The summed E-state index contributed by atoms with van der Waals surface area (Å²) >= 11 is 0. The molecule has 2 fully saturated rings. The van der Waals surface area contributed by atoms with Crippen molar-refractivity contribution >= 4 is 5.91 Å². The lowest BCUT2D eigenvalue weighted by atomic mass is 10.0. The summed E-state index contributed by atoms with van der Waals surface area (Å²) in [5.74, 6) is 0.200. The van der Waals surface area contributed by atoms with Gasteiger partial charge in [-0.3, -0.25) is 4.79 Å². The SMILES string of the molecule is CCCNC(=O)[C@@H]1CC2(CC2)CN1. The lowest BCUT2D eigenvalue weighted by Gasteiger charge is -2.10. The van der Waals surface area contributed by atoms with Crippen molar-refractivity contribution in [2.45, 2.75) is 38.6 Å². The Labute approximate surface area is 79.3 Å². The Morgan fingerprint density at radius 1 is 1.62 bits per heavy atom. The third kappa shape index (κ3) is 1.85. The van der Waals surface area contributed by atoms with E-state index in [1.165, 1.54) is 12.8 Å². The second-order valence-electron chi connectivity index (χ2n) is 4.43. The van der Waals surface area contributed by atoms with E-state index in [0.717, 1.165) is 25.9 Å². The molecular weight excluding hydrogens is 164 g/mol. The Morgan fingerprint density at radius 2 is 2.38 bits per heavy atom. The highest BCUT2D eigenvalue weighted by molar-refractivity contribution is 5.82. The first kappa shape index (κ1) is 9.00. The molecule has 1 heterocycles. The maximum absolute atomic E-state index is 11.5. The van der Waals surface area contributed by atoms with Gasteiger partial charge in [-0.15, -0.1) is 0 Å². The average molecular weight is 182 g/mol. The smallest absolute Gasteiger partial charge is 0.237 e. The predicted octanol–water partition coefficient (Wildman–Crippen LogP) is 0.655. The van der Waals surface area contributed by atoms with Gasteiger partial charge in [0, 0.05) is 13.1 Å². The summed E-state index contributed by atoms with van der Waals surface area (Å²) in [5.41, 5.74) is 0.522. The minimum atomic E-state index is 0.0917. The summed E-state index contributed by atoms with van der Waals surface area (Å²) in [7, 11) is 0. The number of nitrogens with one attached hydrogen (secondary N) is 2. The zero-order valence-electron chi connectivity index (χ0n) is 8.23. The maximum Gasteiger partial charge on any atom is 0.237 e. The van der Waals surface area contributed by atoms with Crippen molar-refractivity contribution < 1.29 is 4.79 Å². The summed E-state index contributed by atoms with van der Waals surface area (Å²) in [6.45, 7) is 3.94. The van der Waals surface area contributed by atoms with E-state index in [4.69, 9.17) is 0 Å². The molecule has 1 amide bonds. The Kier molecular flexibility index (Phi) is 2.28. The summed E-state index contributed by atoms with van der Waals surface area (Å²) in [4.78, 5) is 11.5. The quantitative estimate of drug-likeness (QED) is 0.673. The largest absolute Gasteiger partial charge is 0.355 e. The van der Waals surface area contributed by atoms with E-state index in [1.54, 1.807) is 0 Å². The predicted molar refractivity (Wildman–Crippen MR) is 51.4 cm³/mol. The maximum atomic E-state index is 11.5. The van der Waals surface area contributed by atoms with E-state index >= 15 is 0 Å². The molecule has 0 aromatic carbocycles. The fourth-order valence-electron chi connectivity index (χ4n) is 2.03. The van der Waals surface area contributed by atoms with Crippen molar-refractivity contribution in [3.05, 3.63) is 0 Å². The highest BCUT2D eigenvalue weighted by Gasteiger charge is 2.49. The van der Waals surface area contributed by atoms with Gasteiger partial charge in [-0.25, -0.2) is 0 Å². The standard InChI is InChI=1S/C10H18N2O/c1-2-5-11-9(13)8-6-10(3-4-10)7-12-8/h8,12H,2-7H2,1H3,(H,11,13)/t8-/m0/s1. The zero-order chi connectivity index (χ0) is 9.31. The second kappa shape index (κ2) is 3.29. The van der Waals surface area contributed by atoms with Crippen molar-refractivity contribution in [2.24, 2.45) is 5.41 Å². The highest BCUT2D eigenvalue weighted by atomic mass is 16.2. The van der Waals surface area contributed by atoms with Crippen LogP contribution in [0.15, 0.2) is 0 Å². The zero-order valence-corrected chi connectivity index (χ0v) is 8.23. The number of rotatable bonds is 3. The molecule has 0 bridgehead atoms. The van der Waals surface area contributed by atoms with E-state index in [0.29, 0.717) is 5.41 Å². The summed E-state index contributed by atoms with van der Waals surface area (Å²) < 4.78 is 0. The number of amides is 1. The Bertz CT molecular complexity index is 211. The molecule has 0 aromatic heterocycles. The molecule has 1 saturated carbocycles. The van der Waals surface area contributed by atoms with Crippen LogP contribution >= 0.6 is 0 Å². The van der Waals surface area contributed by atoms with Crippen LogP contribution in [-0.2, 0) is 4.79 Å². The molecule has 3 nitrogen and oxygen atoms in total. The molecule has 1 aliphatic heterocycles. The summed E-state index contributed by atoms with van der Waals surface area (Å²) in [5, 5.41) is 6.24. The van der Waals surface area contributed by atoms with Crippen molar-refractivity contribution in [3.8, 4) is 0 Å².